The van der Waals surface area contributed by atoms with Crippen LogP contribution in [0.25, 0.3) is 0 Å². The highest BCUT2D eigenvalue weighted by Crippen LogP contribution is 2.23. The molecule has 1 aromatic heterocycles. The number of carbonyl (C=O) groups excluding carboxylic acids is 1. The third kappa shape index (κ3) is 3.81. The lowest BCUT2D eigenvalue weighted by molar-refractivity contribution is 0.168. The smallest absolute Gasteiger partial charge is 0.319 e. The summed E-state index contributed by atoms with van der Waals surface area (Å²) >= 11 is 1.55. The van der Waals surface area contributed by atoms with E-state index in [1.807, 2.05) is 4.90 Å². The molecule has 2 aromatic rings. The summed E-state index contributed by atoms with van der Waals surface area (Å²) in [5.41, 5.74) is 1.01. The van der Waals surface area contributed by atoms with E-state index < -0.39 is 0 Å². The summed E-state index contributed by atoms with van der Waals surface area (Å²) < 4.78 is 12.9. The van der Waals surface area contributed by atoms with E-state index in [9.17, 15) is 9.18 Å². The minimum Gasteiger partial charge on any atom is -0.343 e. The summed E-state index contributed by atoms with van der Waals surface area (Å²) in [4.78, 5) is 17.6. The van der Waals surface area contributed by atoms with Gasteiger partial charge in [-0.05, 0) is 17.7 Å². The number of hydrogen-bond acceptors (Lipinski definition) is 5. The Bertz CT molecular complexity index is 695. The Balaban J connectivity index is 1.58. The van der Waals surface area contributed by atoms with Crippen molar-refractivity contribution in [2.75, 3.05) is 45.2 Å². The van der Waals surface area contributed by atoms with Crippen LogP contribution in [-0.2, 0) is 6.42 Å². The number of rotatable bonds is 3. The number of carbonyl (C=O) groups is 1. The van der Waals surface area contributed by atoms with Gasteiger partial charge in [-0.1, -0.05) is 23.5 Å². The molecular weight excluding hydrogens is 329 g/mol. The zero-order valence-electron chi connectivity index (χ0n) is 13.8. The predicted molar refractivity (Wildman–Crippen MR) is 92.0 cm³/mol. The number of anilines is 1. The van der Waals surface area contributed by atoms with Crippen LogP contribution in [-0.4, -0.2) is 66.3 Å². The van der Waals surface area contributed by atoms with Crippen LogP contribution in [0.1, 0.15) is 10.6 Å². The normalized spacial score (nSPS) is 14.8. The minimum absolute atomic E-state index is 0.0453. The van der Waals surface area contributed by atoms with Crippen molar-refractivity contribution < 1.29 is 9.18 Å². The summed E-state index contributed by atoms with van der Waals surface area (Å²) in [6, 6.07) is 6.49. The van der Waals surface area contributed by atoms with Crippen LogP contribution in [0.4, 0.5) is 14.3 Å². The zero-order valence-corrected chi connectivity index (χ0v) is 14.6. The van der Waals surface area contributed by atoms with Crippen LogP contribution in [0.3, 0.4) is 0 Å². The lowest BCUT2D eigenvalue weighted by atomic mass is 10.2. The number of benzene rings is 1. The number of nitrogens with zero attached hydrogens (tertiary/aromatic N) is 5. The van der Waals surface area contributed by atoms with Crippen molar-refractivity contribution in [2.24, 2.45) is 0 Å². The van der Waals surface area contributed by atoms with Crippen molar-refractivity contribution in [1.29, 1.82) is 0 Å². The molecule has 1 aromatic carbocycles. The molecule has 1 aliphatic rings. The van der Waals surface area contributed by atoms with Gasteiger partial charge < -0.3 is 14.7 Å². The van der Waals surface area contributed by atoms with Crippen LogP contribution in [0.15, 0.2) is 24.3 Å². The molecule has 0 aliphatic carbocycles. The van der Waals surface area contributed by atoms with E-state index in [1.54, 1.807) is 42.5 Å². The second kappa shape index (κ2) is 7.12. The van der Waals surface area contributed by atoms with Gasteiger partial charge in [-0.25, -0.2) is 9.18 Å². The van der Waals surface area contributed by atoms with Crippen LogP contribution in [0.5, 0.6) is 0 Å². The Morgan fingerprint density at radius 3 is 2.46 bits per heavy atom. The summed E-state index contributed by atoms with van der Waals surface area (Å²) in [5.74, 6) is -0.234. The van der Waals surface area contributed by atoms with Gasteiger partial charge in [-0.2, -0.15) is 0 Å². The van der Waals surface area contributed by atoms with Gasteiger partial charge in [-0.3, -0.25) is 0 Å². The van der Waals surface area contributed by atoms with Crippen molar-refractivity contribution in [1.82, 2.24) is 20.0 Å². The zero-order chi connectivity index (χ0) is 17.1. The highest BCUT2D eigenvalue weighted by Gasteiger charge is 2.24. The molecule has 0 radical (unpaired) electrons. The molecule has 2 heterocycles. The van der Waals surface area contributed by atoms with Crippen molar-refractivity contribution in [3.8, 4) is 0 Å². The number of halogens is 1. The lowest BCUT2D eigenvalue weighted by Gasteiger charge is -2.35. The molecule has 0 bridgehead atoms. The van der Waals surface area contributed by atoms with Gasteiger partial charge in [0.1, 0.15) is 10.8 Å². The summed E-state index contributed by atoms with van der Waals surface area (Å²) in [5, 5.41) is 10.3. The predicted octanol–water partition coefficient (Wildman–Crippen LogP) is 2.07. The molecule has 1 fully saturated rings. The third-order valence-electron chi connectivity index (χ3n) is 3.93. The van der Waals surface area contributed by atoms with Crippen molar-refractivity contribution in [3.05, 3.63) is 40.7 Å². The number of hydrogen-bond donors (Lipinski definition) is 0. The highest BCUT2D eigenvalue weighted by atomic mass is 32.1. The van der Waals surface area contributed by atoms with Gasteiger partial charge >= 0.3 is 6.03 Å². The molecule has 0 unspecified atom stereocenters. The SMILES string of the molecule is CN(C)C(=O)N1CCN(c2nnc(Cc3ccc(F)cc3)s2)CC1. The van der Waals surface area contributed by atoms with Crippen molar-refractivity contribution in [2.45, 2.75) is 6.42 Å². The van der Waals surface area contributed by atoms with E-state index in [0.29, 0.717) is 19.5 Å². The van der Waals surface area contributed by atoms with Gasteiger partial charge in [-0.15, -0.1) is 10.2 Å². The largest absolute Gasteiger partial charge is 0.343 e. The van der Waals surface area contributed by atoms with Crippen LogP contribution >= 0.6 is 11.3 Å². The highest BCUT2D eigenvalue weighted by molar-refractivity contribution is 7.15. The summed E-state index contributed by atoms with van der Waals surface area (Å²) in [6.45, 7) is 2.88. The summed E-state index contributed by atoms with van der Waals surface area (Å²) in [7, 11) is 3.53. The quantitative estimate of drug-likeness (QED) is 0.851. The first-order chi connectivity index (χ1) is 11.5. The Labute approximate surface area is 144 Å². The Hall–Kier alpha value is -2.22. The van der Waals surface area contributed by atoms with Gasteiger partial charge in [0.2, 0.25) is 5.13 Å². The van der Waals surface area contributed by atoms with Gasteiger partial charge in [0.25, 0.3) is 0 Å². The first kappa shape index (κ1) is 16.6. The maximum absolute atomic E-state index is 12.9. The van der Waals surface area contributed by atoms with E-state index >= 15 is 0 Å². The van der Waals surface area contributed by atoms with E-state index in [1.165, 1.54) is 12.1 Å². The second-order valence-electron chi connectivity index (χ2n) is 5.93. The lowest BCUT2D eigenvalue weighted by Crippen LogP contribution is -2.51. The molecule has 0 atom stereocenters. The average Bonchev–Trinajstić information content (AvgIpc) is 3.05. The molecule has 24 heavy (non-hydrogen) atoms. The Kier molecular flexibility index (Phi) is 4.94. The summed E-state index contributed by atoms with van der Waals surface area (Å²) in [6.07, 6.45) is 0.650. The molecule has 8 heteroatoms. The molecular formula is C16H20FN5OS. The average molecular weight is 349 g/mol. The fraction of sp³-hybridized carbons (Fsp3) is 0.438. The van der Waals surface area contributed by atoms with E-state index in [0.717, 1.165) is 28.8 Å². The van der Waals surface area contributed by atoms with E-state index in [-0.39, 0.29) is 11.8 Å². The fourth-order valence-corrected chi connectivity index (χ4v) is 3.52. The topological polar surface area (TPSA) is 52.6 Å². The Morgan fingerprint density at radius 2 is 1.83 bits per heavy atom. The van der Waals surface area contributed by atoms with Crippen LogP contribution in [0.2, 0.25) is 0 Å². The molecule has 128 valence electrons. The Morgan fingerprint density at radius 1 is 1.17 bits per heavy atom. The van der Waals surface area contributed by atoms with Crippen LogP contribution in [0, 0.1) is 5.82 Å². The first-order valence-electron chi connectivity index (χ1n) is 7.81. The number of urea groups is 1. The molecule has 0 spiro atoms. The molecule has 1 aliphatic heterocycles. The molecule has 3 rings (SSSR count). The number of aromatic nitrogens is 2. The van der Waals surface area contributed by atoms with Gasteiger partial charge in [0, 0.05) is 46.7 Å². The number of amides is 2. The van der Waals surface area contributed by atoms with Crippen molar-refractivity contribution in [3.63, 3.8) is 0 Å². The standard InChI is InChI=1S/C16H20FN5OS/c1-20(2)16(23)22-9-7-21(8-10-22)15-19-18-14(24-15)11-12-3-5-13(17)6-4-12/h3-6H,7-11H2,1-2H3. The number of piperazine rings is 1. The van der Waals surface area contributed by atoms with Crippen LogP contribution < -0.4 is 4.90 Å². The van der Waals surface area contributed by atoms with Gasteiger partial charge in [0.05, 0.1) is 0 Å². The third-order valence-corrected chi connectivity index (χ3v) is 4.91. The minimum atomic E-state index is -0.234. The second-order valence-corrected chi connectivity index (χ2v) is 6.97. The van der Waals surface area contributed by atoms with E-state index in [4.69, 9.17) is 0 Å². The molecule has 0 saturated carbocycles. The van der Waals surface area contributed by atoms with Gasteiger partial charge in [0.15, 0.2) is 0 Å². The first-order valence-corrected chi connectivity index (χ1v) is 8.62. The van der Waals surface area contributed by atoms with E-state index in [2.05, 4.69) is 15.1 Å². The molecule has 0 N–H and O–H groups in total. The molecule has 6 nitrogen and oxygen atoms in total. The fourth-order valence-electron chi connectivity index (χ4n) is 2.59. The monoisotopic (exact) mass is 349 g/mol. The molecule has 2 amide bonds. The maximum Gasteiger partial charge on any atom is 0.319 e. The molecule has 1 saturated heterocycles. The van der Waals surface area contributed by atoms with Crippen molar-refractivity contribution >= 4 is 22.5 Å². The maximum atomic E-state index is 12.9.